The van der Waals surface area contributed by atoms with E-state index in [2.05, 4.69) is 0 Å². The van der Waals surface area contributed by atoms with Crippen LogP contribution < -0.4 is 9.47 Å². The van der Waals surface area contributed by atoms with Gasteiger partial charge in [-0.3, -0.25) is 0 Å². The minimum Gasteiger partial charge on any atom is -0.508 e. The summed E-state index contributed by atoms with van der Waals surface area (Å²) in [5.74, 6) is 0.583. The highest BCUT2D eigenvalue weighted by Gasteiger charge is 2.10. The maximum absolute atomic E-state index is 13.3. The van der Waals surface area contributed by atoms with Gasteiger partial charge in [-0.2, -0.15) is 0 Å². The number of ether oxygens (including phenoxy) is 2. The highest BCUT2D eigenvalue weighted by atomic mass is 19.1. The molecule has 94 valence electrons. The Hall–Kier alpha value is -2.23. The van der Waals surface area contributed by atoms with E-state index in [4.69, 9.17) is 9.47 Å². The van der Waals surface area contributed by atoms with Crippen molar-refractivity contribution in [1.29, 1.82) is 0 Å². The van der Waals surface area contributed by atoms with E-state index in [1.807, 2.05) is 0 Å². The van der Waals surface area contributed by atoms with Gasteiger partial charge in [-0.05, 0) is 35.9 Å². The summed E-state index contributed by atoms with van der Waals surface area (Å²) in [5.41, 5.74) is 1.19. The van der Waals surface area contributed by atoms with Gasteiger partial charge in [-0.15, -0.1) is 0 Å². The van der Waals surface area contributed by atoms with E-state index in [0.717, 1.165) is 6.07 Å². The topological polar surface area (TPSA) is 38.7 Å². The van der Waals surface area contributed by atoms with Crippen LogP contribution in [0.5, 0.6) is 17.2 Å². The third-order valence-corrected chi connectivity index (χ3v) is 2.60. The molecule has 0 atom stereocenters. The predicted octanol–water partition coefficient (Wildman–Crippen LogP) is 3.22. The van der Waals surface area contributed by atoms with E-state index in [1.165, 1.54) is 19.2 Å². The average Bonchev–Trinajstić information content (AvgIpc) is 2.36. The molecule has 0 amide bonds. The van der Waals surface area contributed by atoms with Crippen LogP contribution in [0.4, 0.5) is 4.39 Å². The molecule has 0 saturated heterocycles. The molecule has 0 radical (unpaired) electrons. The lowest BCUT2D eigenvalue weighted by Gasteiger charge is -2.11. The van der Waals surface area contributed by atoms with E-state index in [9.17, 15) is 9.50 Å². The summed E-state index contributed by atoms with van der Waals surface area (Å²) in [6, 6.07) is 9.07. The van der Waals surface area contributed by atoms with Crippen LogP contribution in [0.15, 0.2) is 36.4 Å². The average molecular weight is 248 g/mol. The maximum atomic E-state index is 13.3. The Balaban J connectivity index is 2.60. The summed E-state index contributed by atoms with van der Waals surface area (Å²) in [7, 11) is 3.08. The van der Waals surface area contributed by atoms with Gasteiger partial charge in [0.05, 0.1) is 14.2 Å². The summed E-state index contributed by atoms with van der Waals surface area (Å²) in [6.45, 7) is 0. The molecular formula is C14H13FO3. The van der Waals surface area contributed by atoms with Gasteiger partial charge >= 0.3 is 0 Å². The molecule has 0 fully saturated rings. The highest BCUT2D eigenvalue weighted by molar-refractivity contribution is 5.73. The van der Waals surface area contributed by atoms with Crippen molar-refractivity contribution in [1.82, 2.24) is 0 Å². The van der Waals surface area contributed by atoms with Gasteiger partial charge < -0.3 is 14.6 Å². The van der Waals surface area contributed by atoms with Crippen LogP contribution in [0.25, 0.3) is 11.1 Å². The van der Waals surface area contributed by atoms with Crippen molar-refractivity contribution >= 4 is 0 Å². The molecule has 0 aliphatic rings. The van der Waals surface area contributed by atoms with E-state index < -0.39 is 5.82 Å². The van der Waals surface area contributed by atoms with Gasteiger partial charge in [0.2, 0.25) is 0 Å². The van der Waals surface area contributed by atoms with Crippen LogP contribution in [0, 0.1) is 5.82 Å². The second-order valence-corrected chi connectivity index (χ2v) is 3.76. The first-order valence-electron chi connectivity index (χ1n) is 5.36. The molecule has 0 unspecified atom stereocenters. The molecule has 0 aliphatic heterocycles. The third-order valence-electron chi connectivity index (χ3n) is 2.60. The van der Waals surface area contributed by atoms with Crippen LogP contribution in [-0.4, -0.2) is 19.3 Å². The Bertz CT molecular complexity index is 547. The Kier molecular flexibility index (Phi) is 3.37. The molecule has 18 heavy (non-hydrogen) atoms. The minimum atomic E-state index is -0.505. The first-order valence-corrected chi connectivity index (χ1v) is 5.36. The first-order chi connectivity index (χ1) is 8.63. The minimum absolute atomic E-state index is 0.130. The van der Waals surface area contributed by atoms with Crippen molar-refractivity contribution in [3.63, 3.8) is 0 Å². The van der Waals surface area contributed by atoms with E-state index in [0.29, 0.717) is 22.6 Å². The molecule has 2 rings (SSSR count). The molecule has 3 nitrogen and oxygen atoms in total. The van der Waals surface area contributed by atoms with Crippen molar-refractivity contribution in [3.05, 3.63) is 42.2 Å². The van der Waals surface area contributed by atoms with Gasteiger partial charge in [0.15, 0.2) is 0 Å². The molecule has 0 heterocycles. The SMILES string of the molecule is COc1ccc(OC)c(-c2cc(O)cc(F)c2)c1. The van der Waals surface area contributed by atoms with Crippen molar-refractivity contribution in [3.8, 4) is 28.4 Å². The van der Waals surface area contributed by atoms with E-state index in [1.54, 1.807) is 25.3 Å². The van der Waals surface area contributed by atoms with Gasteiger partial charge in [-0.25, -0.2) is 4.39 Å². The lowest BCUT2D eigenvalue weighted by atomic mass is 10.0. The zero-order chi connectivity index (χ0) is 13.1. The zero-order valence-corrected chi connectivity index (χ0v) is 10.1. The molecule has 2 aromatic rings. The predicted molar refractivity (Wildman–Crippen MR) is 66.6 cm³/mol. The Labute approximate surface area is 104 Å². The normalized spacial score (nSPS) is 10.2. The summed E-state index contributed by atoms with van der Waals surface area (Å²) < 4.78 is 23.6. The smallest absolute Gasteiger partial charge is 0.127 e. The number of phenolic OH excluding ortho intramolecular Hbond substituents is 1. The van der Waals surface area contributed by atoms with Crippen LogP contribution in [-0.2, 0) is 0 Å². The fourth-order valence-electron chi connectivity index (χ4n) is 1.77. The Morgan fingerprint density at radius 1 is 1.00 bits per heavy atom. The molecule has 0 bridgehead atoms. The number of aromatic hydroxyl groups is 1. The number of hydrogen-bond acceptors (Lipinski definition) is 3. The molecule has 4 heteroatoms. The number of halogens is 1. The maximum Gasteiger partial charge on any atom is 0.127 e. The summed E-state index contributed by atoms with van der Waals surface area (Å²) >= 11 is 0. The summed E-state index contributed by atoms with van der Waals surface area (Å²) in [6.07, 6.45) is 0. The fourth-order valence-corrected chi connectivity index (χ4v) is 1.77. The van der Waals surface area contributed by atoms with Crippen LogP contribution in [0.3, 0.4) is 0 Å². The zero-order valence-electron chi connectivity index (χ0n) is 10.1. The number of benzene rings is 2. The standard InChI is InChI=1S/C14H13FO3/c1-17-12-3-4-14(18-2)13(8-12)9-5-10(15)7-11(16)6-9/h3-8,16H,1-2H3. The van der Waals surface area contributed by atoms with E-state index >= 15 is 0 Å². The van der Waals surface area contributed by atoms with Crippen molar-refractivity contribution in [2.45, 2.75) is 0 Å². The van der Waals surface area contributed by atoms with Crippen molar-refractivity contribution in [2.24, 2.45) is 0 Å². The lowest BCUT2D eigenvalue weighted by Crippen LogP contribution is -1.91. The monoisotopic (exact) mass is 248 g/mol. The number of methoxy groups -OCH3 is 2. The van der Waals surface area contributed by atoms with Crippen molar-refractivity contribution < 1.29 is 19.0 Å². The van der Waals surface area contributed by atoms with Gasteiger partial charge in [-0.1, -0.05) is 0 Å². The lowest BCUT2D eigenvalue weighted by molar-refractivity contribution is 0.404. The Morgan fingerprint density at radius 3 is 2.39 bits per heavy atom. The Morgan fingerprint density at radius 2 is 1.78 bits per heavy atom. The summed E-state index contributed by atoms with van der Waals surface area (Å²) in [5, 5.41) is 9.43. The van der Waals surface area contributed by atoms with Gasteiger partial charge in [0.25, 0.3) is 0 Å². The third kappa shape index (κ3) is 2.37. The van der Waals surface area contributed by atoms with Gasteiger partial charge in [0.1, 0.15) is 23.1 Å². The second kappa shape index (κ2) is 4.96. The second-order valence-electron chi connectivity index (χ2n) is 3.76. The van der Waals surface area contributed by atoms with Crippen molar-refractivity contribution in [2.75, 3.05) is 14.2 Å². The molecule has 2 aromatic carbocycles. The van der Waals surface area contributed by atoms with Crippen LogP contribution >= 0.6 is 0 Å². The molecule has 0 aliphatic carbocycles. The van der Waals surface area contributed by atoms with Crippen LogP contribution in [0.2, 0.25) is 0 Å². The number of phenols is 1. The molecule has 0 aromatic heterocycles. The quantitative estimate of drug-likeness (QED) is 0.906. The first kappa shape index (κ1) is 12.2. The summed E-state index contributed by atoms with van der Waals surface area (Å²) in [4.78, 5) is 0. The molecule has 0 spiro atoms. The number of rotatable bonds is 3. The highest BCUT2D eigenvalue weighted by Crippen LogP contribution is 2.35. The van der Waals surface area contributed by atoms with Crippen LogP contribution in [0.1, 0.15) is 0 Å². The number of hydrogen-bond donors (Lipinski definition) is 1. The van der Waals surface area contributed by atoms with Gasteiger partial charge in [0, 0.05) is 11.6 Å². The largest absolute Gasteiger partial charge is 0.508 e. The molecular weight excluding hydrogens is 235 g/mol. The molecule has 1 N–H and O–H groups in total. The molecule has 0 saturated carbocycles. The fraction of sp³-hybridized carbons (Fsp3) is 0.143. The van der Waals surface area contributed by atoms with E-state index in [-0.39, 0.29) is 5.75 Å².